The average molecular weight is 401 g/mol. The Kier molecular flexibility index (Phi) is 6.54. The van der Waals surface area contributed by atoms with Crippen LogP contribution in [0.15, 0.2) is 48.5 Å². The highest BCUT2D eigenvalue weighted by atomic mass is 35.5. The second kappa shape index (κ2) is 9.08. The number of anilines is 1. The maximum atomic E-state index is 12.1. The minimum Gasteiger partial charge on any atom is -0.344 e. The molecule has 148 valence electrons. The first kappa shape index (κ1) is 20.2. The van der Waals surface area contributed by atoms with E-state index in [0.717, 1.165) is 29.8 Å². The second-order valence-electron chi connectivity index (χ2n) is 7.11. The first-order valence-corrected chi connectivity index (χ1v) is 9.63. The van der Waals surface area contributed by atoms with Crippen LogP contribution in [-0.4, -0.2) is 48.4 Å². The van der Waals surface area contributed by atoms with Gasteiger partial charge in [-0.25, -0.2) is 4.79 Å². The number of likely N-dealkylation sites (tertiary alicyclic amines) is 1. The van der Waals surface area contributed by atoms with Crippen LogP contribution < -0.4 is 10.6 Å². The number of rotatable bonds is 6. The predicted molar refractivity (Wildman–Crippen MR) is 111 cm³/mol. The van der Waals surface area contributed by atoms with Gasteiger partial charge in [-0.05, 0) is 48.9 Å². The fraction of sp³-hybridized carbons (Fsp3) is 0.333. The van der Waals surface area contributed by atoms with Crippen molar-refractivity contribution in [2.45, 2.75) is 25.6 Å². The van der Waals surface area contributed by atoms with E-state index in [-0.39, 0.29) is 18.0 Å². The Morgan fingerprint density at radius 2 is 1.79 bits per heavy atom. The summed E-state index contributed by atoms with van der Waals surface area (Å²) in [5.74, 6) is 0.179. The summed E-state index contributed by atoms with van der Waals surface area (Å²) in [5.41, 5.74) is 2.79. The number of amides is 3. The van der Waals surface area contributed by atoms with Crippen molar-refractivity contribution in [1.29, 1.82) is 0 Å². The summed E-state index contributed by atoms with van der Waals surface area (Å²) < 4.78 is 0. The Hall–Kier alpha value is -2.57. The fourth-order valence-corrected chi connectivity index (χ4v) is 3.39. The SMILES string of the molecule is CN1CC[C@H](N(C)Cc2ccc(NC(=O)NCc3ccc(Cl)cc3)cc2)C1=O. The van der Waals surface area contributed by atoms with Gasteiger partial charge in [0.25, 0.3) is 0 Å². The predicted octanol–water partition coefficient (Wildman–Crippen LogP) is 3.32. The molecule has 0 aromatic heterocycles. The maximum Gasteiger partial charge on any atom is 0.319 e. The minimum absolute atomic E-state index is 0.0542. The van der Waals surface area contributed by atoms with Crippen molar-refractivity contribution in [3.8, 4) is 0 Å². The molecule has 1 aliphatic rings. The van der Waals surface area contributed by atoms with E-state index in [2.05, 4.69) is 15.5 Å². The molecule has 1 aliphatic heterocycles. The van der Waals surface area contributed by atoms with Gasteiger partial charge in [-0.1, -0.05) is 35.9 Å². The number of carbonyl (C=O) groups is 2. The van der Waals surface area contributed by atoms with Gasteiger partial charge < -0.3 is 15.5 Å². The summed E-state index contributed by atoms with van der Waals surface area (Å²) in [4.78, 5) is 28.0. The summed E-state index contributed by atoms with van der Waals surface area (Å²) in [6.45, 7) is 1.92. The third kappa shape index (κ3) is 5.24. The van der Waals surface area contributed by atoms with Crippen molar-refractivity contribution in [3.05, 3.63) is 64.7 Å². The number of benzene rings is 2. The van der Waals surface area contributed by atoms with Gasteiger partial charge in [-0.15, -0.1) is 0 Å². The van der Waals surface area contributed by atoms with Crippen LogP contribution in [0.3, 0.4) is 0 Å². The molecule has 1 saturated heterocycles. The summed E-state index contributed by atoms with van der Waals surface area (Å²) in [5, 5.41) is 6.31. The van der Waals surface area contributed by atoms with E-state index in [1.54, 1.807) is 17.0 Å². The molecule has 2 aromatic carbocycles. The molecule has 28 heavy (non-hydrogen) atoms. The van der Waals surface area contributed by atoms with Gasteiger partial charge in [0.1, 0.15) is 0 Å². The summed E-state index contributed by atoms with van der Waals surface area (Å²) in [6, 6.07) is 14.7. The number of nitrogens with one attached hydrogen (secondary N) is 2. The molecule has 0 aliphatic carbocycles. The molecule has 1 atom stereocenters. The van der Waals surface area contributed by atoms with Gasteiger partial charge in [0.15, 0.2) is 0 Å². The summed E-state index contributed by atoms with van der Waals surface area (Å²) in [6.07, 6.45) is 0.860. The van der Waals surface area contributed by atoms with Gasteiger partial charge in [-0.3, -0.25) is 9.69 Å². The molecule has 2 N–H and O–H groups in total. The van der Waals surface area contributed by atoms with Crippen LogP contribution in [0.2, 0.25) is 5.02 Å². The molecule has 1 fully saturated rings. The highest BCUT2D eigenvalue weighted by molar-refractivity contribution is 6.30. The first-order valence-electron chi connectivity index (χ1n) is 9.26. The van der Waals surface area contributed by atoms with Gasteiger partial charge >= 0.3 is 6.03 Å². The lowest BCUT2D eigenvalue weighted by Gasteiger charge is -2.23. The van der Waals surface area contributed by atoms with Crippen LogP contribution in [0, 0.1) is 0 Å². The van der Waals surface area contributed by atoms with Gasteiger partial charge in [0.2, 0.25) is 5.91 Å². The fourth-order valence-electron chi connectivity index (χ4n) is 3.26. The number of nitrogens with zero attached hydrogens (tertiary/aromatic N) is 2. The van der Waals surface area contributed by atoms with E-state index in [4.69, 9.17) is 11.6 Å². The van der Waals surface area contributed by atoms with Crippen molar-refractivity contribution in [2.75, 3.05) is 26.0 Å². The lowest BCUT2D eigenvalue weighted by Crippen LogP contribution is -2.38. The zero-order valence-electron chi connectivity index (χ0n) is 16.1. The quantitative estimate of drug-likeness (QED) is 0.781. The van der Waals surface area contributed by atoms with Crippen LogP contribution in [-0.2, 0) is 17.9 Å². The van der Waals surface area contributed by atoms with Crippen LogP contribution in [0.5, 0.6) is 0 Å². The largest absolute Gasteiger partial charge is 0.344 e. The Morgan fingerprint density at radius 3 is 2.39 bits per heavy atom. The summed E-state index contributed by atoms with van der Waals surface area (Å²) >= 11 is 5.85. The molecule has 0 spiro atoms. The van der Waals surface area contributed by atoms with Crippen LogP contribution in [0.4, 0.5) is 10.5 Å². The maximum absolute atomic E-state index is 12.1. The van der Waals surface area contributed by atoms with Crippen molar-refractivity contribution in [3.63, 3.8) is 0 Å². The van der Waals surface area contributed by atoms with Crippen LogP contribution in [0.25, 0.3) is 0 Å². The number of carbonyl (C=O) groups excluding carboxylic acids is 2. The number of urea groups is 1. The molecule has 3 rings (SSSR count). The van der Waals surface area contributed by atoms with Crippen molar-refractivity contribution in [2.24, 2.45) is 0 Å². The molecule has 2 aromatic rings. The first-order chi connectivity index (χ1) is 13.4. The molecule has 1 heterocycles. The molecule has 0 radical (unpaired) electrons. The monoisotopic (exact) mass is 400 g/mol. The number of hydrogen-bond donors (Lipinski definition) is 2. The molecule has 7 heteroatoms. The lowest BCUT2D eigenvalue weighted by molar-refractivity contribution is -0.130. The third-order valence-corrected chi connectivity index (χ3v) is 5.19. The van der Waals surface area contributed by atoms with E-state index < -0.39 is 0 Å². The molecule has 3 amide bonds. The smallest absolute Gasteiger partial charge is 0.319 e. The van der Waals surface area contributed by atoms with Crippen LogP contribution >= 0.6 is 11.6 Å². The van der Waals surface area contributed by atoms with Gasteiger partial charge in [-0.2, -0.15) is 0 Å². The van der Waals surface area contributed by atoms with Gasteiger partial charge in [0, 0.05) is 37.4 Å². The average Bonchev–Trinajstić information content (AvgIpc) is 3.02. The zero-order chi connectivity index (χ0) is 20.1. The number of halogens is 1. The molecule has 0 bridgehead atoms. The van der Waals surface area contributed by atoms with E-state index >= 15 is 0 Å². The van der Waals surface area contributed by atoms with Crippen LogP contribution in [0.1, 0.15) is 17.5 Å². The van der Waals surface area contributed by atoms with Crippen molar-refractivity contribution >= 4 is 29.2 Å². The standard InChI is InChI=1S/C21H25ClN4O2/c1-25-12-11-19(20(25)27)26(2)14-16-5-9-18(10-6-16)24-21(28)23-13-15-3-7-17(22)8-4-15/h3-10,19H,11-14H2,1-2H3,(H2,23,24,28)/t19-/m0/s1. The highest BCUT2D eigenvalue weighted by Gasteiger charge is 2.31. The van der Waals surface area contributed by atoms with Gasteiger partial charge in [0.05, 0.1) is 6.04 Å². The van der Waals surface area contributed by atoms with Crippen molar-refractivity contribution in [1.82, 2.24) is 15.1 Å². The number of likely N-dealkylation sites (N-methyl/N-ethyl adjacent to an activating group) is 2. The summed E-state index contributed by atoms with van der Waals surface area (Å²) in [7, 11) is 3.81. The minimum atomic E-state index is -0.264. The molecular weight excluding hydrogens is 376 g/mol. The van der Waals surface area contributed by atoms with E-state index in [1.807, 2.05) is 50.5 Å². The van der Waals surface area contributed by atoms with E-state index in [1.165, 1.54) is 0 Å². The molecule has 0 unspecified atom stereocenters. The molecular formula is C21H25ClN4O2. The Labute approximate surface area is 170 Å². The Bertz CT molecular complexity index is 823. The highest BCUT2D eigenvalue weighted by Crippen LogP contribution is 2.18. The Morgan fingerprint density at radius 1 is 1.14 bits per heavy atom. The lowest BCUT2D eigenvalue weighted by atomic mass is 10.1. The van der Waals surface area contributed by atoms with Crippen molar-refractivity contribution < 1.29 is 9.59 Å². The Balaban J connectivity index is 1.47. The molecule has 6 nitrogen and oxygen atoms in total. The molecule has 0 saturated carbocycles. The normalized spacial score (nSPS) is 16.5. The van der Waals surface area contributed by atoms with E-state index in [9.17, 15) is 9.59 Å². The number of hydrogen-bond acceptors (Lipinski definition) is 3. The topological polar surface area (TPSA) is 64.7 Å². The second-order valence-corrected chi connectivity index (χ2v) is 7.55. The third-order valence-electron chi connectivity index (χ3n) is 4.94. The van der Waals surface area contributed by atoms with E-state index in [0.29, 0.717) is 18.1 Å². The zero-order valence-corrected chi connectivity index (χ0v) is 16.9.